The third-order valence-corrected chi connectivity index (χ3v) is 3.65. The van der Waals surface area contributed by atoms with E-state index in [1.165, 1.54) is 0 Å². The highest BCUT2D eigenvalue weighted by atomic mass is 35.5. The van der Waals surface area contributed by atoms with Gasteiger partial charge in [0.1, 0.15) is 11.3 Å². The van der Waals surface area contributed by atoms with Crippen molar-refractivity contribution in [1.29, 1.82) is 0 Å². The number of ether oxygens (including phenoxy) is 1. The van der Waals surface area contributed by atoms with Crippen LogP contribution in [0.3, 0.4) is 0 Å². The number of hydrogen-bond acceptors (Lipinski definition) is 5. The van der Waals surface area contributed by atoms with Crippen LogP contribution in [0.15, 0.2) is 23.0 Å². The topological polar surface area (TPSA) is 52.8 Å². The minimum absolute atomic E-state index is 0.336. The average molecular weight is 295 g/mol. The van der Waals surface area contributed by atoms with E-state index in [-0.39, 0.29) is 0 Å². The first kappa shape index (κ1) is 12.4. The second-order valence-electron chi connectivity index (χ2n) is 3.92. The molecule has 3 aromatic heterocycles. The lowest BCUT2D eigenvalue weighted by molar-refractivity contribution is 0.399. The number of fused-ring (bicyclic) bond motifs is 1. The van der Waals surface area contributed by atoms with E-state index in [1.54, 1.807) is 24.5 Å². The number of alkyl halides is 1. The number of halogens is 1. The van der Waals surface area contributed by atoms with Gasteiger partial charge in [-0.1, -0.05) is 0 Å². The molecule has 98 valence electrons. The first-order valence-corrected chi connectivity index (χ1v) is 7.12. The fraction of sp³-hybridized carbons (Fsp3) is 0.250. The Kier molecular flexibility index (Phi) is 3.35. The molecule has 0 spiro atoms. The maximum absolute atomic E-state index is 5.96. The molecular weight excluding hydrogens is 284 g/mol. The van der Waals surface area contributed by atoms with Gasteiger partial charge in [-0.2, -0.15) is 4.98 Å². The molecule has 3 heterocycles. The predicted molar refractivity (Wildman–Crippen MR) is 74.9 cm³/mol. The summed E-state index contributed by atoms with van der Waals surface area (Å²) in [6.07, 6.45) is 0. The van der Waals surface area contributed by atoms with Gasteiger partial charge < -0.3 is 9.30 Å². The molecule has 3 aromatic rings. The van der Waals surface area contributed by atoms with Gasteiger partial charge in [0.2, 0.25) is 5.88 Å². The summed E-state index contributed by atoms with van der Waals surface area (Å²) in [5.74, 6) is 1.68. The van der Waals surface area contributed by atoms with Gasteiger partial charge in [-0.25, -0.2) is 9.97 Å². The Morgan fingerprint density at radius 2 is 2.26 bits per heavy atom. The molecule has 5 nitrogen and oxygen atoms in total. The summed E-state index contributed by atoms with van der Waals surface area (Å²) in [6, 6.07) is 3.68. The lowest BCUT2D eigenvalue weighted by atomic mass is 10.4. The number of pyridine rings is 1. The number of hydrogen-bond donors (Lipinski definition) is 0. The van der Waals surface area contributed by atoms with Crippen LogP contribution < -0.4 is 4.74 Å². The van der Waals surface area contributed by atoms with Gasteiger partial charge >= 0.3 is 0 Å². The smallest absolute Gasteiger partial charge is 0.215 e. The molecule has 0 amide bonds. The SMILES string of the molecule is COc1ccc2nc(CCl)n(Cc3cscn3)c2n1. The maximum Gasteiger partial charge on any atom is 0.215 e. The zero-order valence-electron chi connectivity index (χ0n) is 10.2. The monoisotopic (exact) mass is 294 g/mol. The quantitative estimate of drug-likeness (QED) is 0.694. The summed E-state index contributed by atoms with van der Waals surface area (Å²) in [5.41, 5.74) is 4.36. The van der Waals surface area contributed by atoms with E-state index in [1.807, 2.05) is 21.5 Å². The molecule has 0 aliphatic rings. The lowest BCUT2D eigenvalue weighted by Gasteiger charge is -2.05. The van der Waals surface area contributed by atoms with E-state index in [0.29, 0.717) is 18.3 Å². The molecule has 0 fully saturated rings. The molecule has 0 atom stereocenters. The lowest BCUT2D eigenvalue weighted by Crippen LogP contribution is -2.05. The van der Waals surface area contributed by atoms with Crippen LogP contribution >= 0.6 is 22.9 Å². The molecular formula is C12H11ClN4OS. The molecule has 0 unspecified atom stereocenters. The number of thiazole rings is 1. The molecule has 0 saturated carbocycles. The van der Waals surface area contributed by atoms with Crippen molar-refractivity contribution in [3.05, 3.63) is 34.5 Å². The van der Waals surface area contributed by atoms with Crippen molar-refractivity contribution in [2.75, 3.05) is 7.11 Å². The minimum Gasteiger partial charge on any atom is -0.481 e. The van der Waals surface area contributed by atoms with Gasteiger partial charge in [0.25, 0.3) is 0 Å². The average Bonchev–Trinajstić information content (AvgIpc) is 3.07. The Bertz CT molecular complexity index is 695. The van der Waals surface area contributed by atoms with Crippen molar-refractivity contribution in [2.45, 2.75) is 12.4 Å². The van der Waals surface area contributed by atoms with Crippen molar-refractivity contribution < 1.29 is 4.74 Å². The van der Waals surface area contributed by atoms with Gasteiger partial charge in [0.05, 0.1) is 30.7 Å². The van der Waals surface area contributed by atoms with Crippen molar-refractivity contribution in [1.82, 2.24) is 19.5 Å². The first-order chi connectivity index (χ1) is 9.31. The number of imidazole rings is 1. The van der Waals surface area contributed by atoms with E-state index in [2.05, 4.69) is 15.0 Å². The van der Waals surface area contributed by atoms with Crippen molar-refractivity contribution in [3.8, 4) is 5.88 Å². The Hall–Kier alpha value is -1.66. The highest BCUT2D eigenvalue weighted by Gasteiger charge is 2.13. The van der Waals surface area contributed by atoms with Gasteiger partial charge in [-0.15, -0.1) is 22.9 Å². The Labute approximate surface area is 118 Å². The molecule has 7 heteroatoms. The molecule has 0 N–H and O–H groups in total. The highest BCUT2D eigenvalue weighted by Crippen LogP contribution is 2.20. The van der Waals surface area contributed by atoms with E-state index in [0.717, 1.165) is 22.7 Å². The molecule has 19 heavy (non-hydrogen) atoms. The second kappa shape index (κ2) is 5.14. The second-order valence-corrected chi connectivity index (χ2v) is 4.91. The number of rotatable bonds is 4. The summed E-state index contributed by atoms with van der Waals surface area (Å²) in [6.45, 7) is 0.613. The fourth-order valence-electron chi connectivity index (χ4n) is 1.89. The van der Waals surface area contributed by atoms with Gasteiger partial charge in [-0.05, 0) is 6.07 Å². The predicted octanol–water partition coefficient (Wildman–Crippen LogP) is 2.68. The molecule has 3 rings (SSSR count). The van der Waals surface area contributed by atoms with E-state index >= 15 is 0 Å². The summed E-state index contributed by atoms with van der Waals surface area (Å²) in [5, 5.41) is 2.00. The van der Waals surface area contributed by atoms with Crippen LogP contribution in [-0.2, 0) is 12.4 Å². The normalized spacial score (nSPS) is 11.1. The molecule has 0 bridgehead atoms. The zero-order valence-corrected chi connectivity index (χ0v) is 11.8. The molecule has 0 aliphatic heterocycles. The van der Waals surface area contributed by atoms with E-state index in [4.69, 9.17) is 16.3 Å². The standard InChI is InChI=1S/C12H11ClN4OS/c1-18-11-3-2-9-12(16-11)17(10(4-13)15-9)5-8-6-19-7-14-8/h2-3,6-7H,4-5H2,1H3. The first-order valence-electron chi connectivity index (χ1n) is 5.65. The summed E-state index contributed by atoms with van der Waals surface area (Å²) in [7, 11) is 1.60. The zero-order chi connectivity index (χ0) is 13.2. The minimum atomic E-state index is 0.336. The van der Waals surface area contributed by atoms with Crippen LogP contribution in [0, 0.1) is 0 Å². The molecule has 0 radical (unpaired) electrons. The van der Waals surface area contributed by atoms with Crippen molar-refractivity contribution in [3.63, 3.8) is 0 Å². The van der Waals surface area contributed by atoms with Gasteiger partial charge in [0, 0.05) is 11.4 Å². The highest BCUT2D eigenvalue weighted by molar-refractivity contribution is 7.07. The van der Waals surface area contributed by atoms with Gasteiger partial charge in [0.15, 0.2) is 5.65 Å². The third kappa shape index (κ3) is 2.29. The van der Waals surface area contributed by atoms with Crippen LogP contribution in [0.5, 0.6) is 5.88 Å². The van der Waals surface area contributed by atoms with Crippen LogP contribution in [0.1, 0.15) is 11.5 Å². The van der Waals surface area contributed by atoms with E-state index < -0.39 is 0 Å². The molecule has 0 aromatic carbocycles. The molecule has 0 saturated heterocycles. The summed E-state index contributed by atoms with van der Waals surface area (Å²) >= 11 is 7.52. The van der Waals surface area contributed by atoms with Crippen LogP contribution in [0.25, 0.3) is 11.2 Å². The van der Waals surface area contributed by atoms with Gasteiger partial charge in [-0.3, -0.25) is 0 Å². The fourth-order valence-corrected chi connectivity index (χ4v) is 2.64. The Morgan fingerprint density at radius 1 is 1.37 bits per heavy atom. The Morgan fingerprint density at radius 3 is 2.95 bits per heavy atom. The van der Waals surface area contributed by atoms with Crippen molar-refractivity contribution >= 4 is 34.1 Å². The van der Waals surface area contributed by atoms with Crippen LogP contribution in [-0.4, -0.2) is 26.6 Å². The number of nitrogens with zero attached hydrogens (tertiary/aromatic N) is 4. The number of aromatic nitrogens is 4. The van der Waals surface area contributed by atoms with Crippen molar-refractivity contribution in [2.24, 2.45) is 0 Å². The van der Waals surface area contributed by atoms with E-state index in [9.17, 15) is 0 Å². The van der Waals surface area contributed by atoms with Crippen LogP contribution in [0.4, 0.5) is 0 Å². The Balaban J connectivity index is 2.13. The largest absolute Gasteiger partial charge is 0.481 e. The summed E-state index contributed by atoms with van der Waals surface area (Å²) < 4.78 is 7.13. The molecule has 0 aliphatic carbocycles. The summed E-state index contributed by atoms with van der Waals surface area (Å²) in [4.78, 5) is 13.2. The maximum atomic E-state index is 5.96. The third-order valence-electron chi connectivity index (χ3n) is 2.78. The number of methoxy groups -OCH3 is 1. The van der Waals surface area contributed by atoms with Crippen LogP contribution in [0.2, 0.25) is 0 Å².